The third-order valence-corrected chi connectivity index (χ3v) is 5.04. The van der Waals surface area contributed by atoms with Crippen LogP contribution in [0.15, 0.2) is 12.4 Å². The number of hydrogen-bond donors (Lipinski definition) is 1. The highest BCUT2D eigenvalue weighted by molar-refractivity contribution is 5.80. The van der Waals surface area contributed by atoms with Crippen molar-refractivity contribution in [1.29, 1.82) is 0 Å². The van der Waals surface area contributed by atoms with Crippen LogP contribution >= 0.6 is 0 Å². The van der Waals surface area contributed by atoms with Crippen molar-refractivity contribution in [3.8, 4) is 0 Å². The van der Waals surface area contributed by atoms with E-state index in [1.807, 2.05) is 17.8 Å². The number of amides is 1. The van der Waals surface area contributed by atoms with Crippen LogP contribution in [0.3, 0.4) is 0 Å². The summed E-state index contributed by atoms with van der Waals surface area (Å²) in [6.45, 7) is 9.59. The average Bonchev–Trinajstić information content (AvgIpc) is 2.72. The van der Waals surface area contributed by atoms with Gasteiger partial charge in [-0.2, -0.15) is 0 Å². The molecule has 1 heterocycles. The minimum atomic E-state index is 0.0784. The Morgan fingerprint density at radius 1 is 1.33 bits per heavy atom. The van der Waals surface area contributed by atoms with Crippen molar-refractivity contribution >= 4 is 5.91 Å². The fourth-order valence-electron chi connectivity index (χ4n) is 4.09. The van der Waals surface area contributed by atoms with Crippen LogP contribution in [-0.4, -0.2) is 22.0 Å². The van der Waals surface area contributed by atoms with Gasteiger partial charge in [0.05, 0.1) is 0 Å². The lowest BCUT2D eigenvalue weighted by Gasteiger charge is -2.48. The Bertz CT molecular complexity index is 486. The Balaban J connectivity index is 1.96. The molecule has 1 aromatic rings. The molecule has 118 valence electrons. The lowest BCUT2D eigenvalue weighted by Crippen LogP contribution is -2.50. The second-order valence-corrected chi connectivity index (χ2v) is 7.76. The summed E-state index contributed by atoms with van der Waals surface area (Å²) in [5.41, 5.74) is 0.157. The Kier molecular flexibility index (Phi) is 4.45. The number of nitrogens with zero attached hydrogens (tertiary/aromatic N) is 2. The van der Waals surface area contributed by atoms with Crippen molar-refractivity contribution in [1.82, 2.24) is 14.9 Å². The van der Waals surface area contributed by atoms with Gasteiger partial charge < -0.3 is 9.88 Å². The summed E-state index contributed by atoms with van der Waals surface area (Å²) in [5.74, 6) is 1.30. The molecule has 1 saturated carbocycles. The molecule has 1 aromatic heterocycles. The van der Waals surface area contributed by atoms with Crippen molar-refractivity contribution in [3.63, 3.8) is 0 Å². The maximum absolute atomic E-state index is 12.7. The number of aryl methyl sites for hydroxylation is 1. The van der Waals surface area contributed by atoms with Crippen molar-refractivity contribution in [2.24, 2.45) is 23.8 Å². The van der Waals surface area contributed by atoms with Crippen LogP contribution in [0.2, 0.25) is 0 Å². The molecule has 0 aliphatic heterocycles. The first kappa shape index (κ1) is 16.1. The normalized spacial score (nSPS) is 21.2. The van der Waals surface area contributed by atoms with E-state index >= 15 is 0 Å². The standard InChI is InChI=1S/C17H29N3O/c1-16(2)8-6-9-17(3,4)14(16)15(21)19-10-7-13-18-11-12-20(13)5/h11-12,14H,6-10H2,1-5H3,(H,19,21). The molecule has 21 heavy (non-hydrogen) atoms. The third-order valence-electron chi connectivity index (χ3n) is 5.04. The van der Waals surface area contributed by atoms with Gasteiger partial charge in [0.2, 0.25) is 5.91 Å². The summed E-state index contributed by atoms with van der Waals surface area (Å²) < 4.78 is 2.00. The molecule has 4 nitrogen and oxygen atoms in total. The molecule has 0 bridgehead atoms. The lowest BCUT2D eigenvalue weighted by atomic mass is 9.57. The molecular formula is C17H29N3O. The van der Waals surface area contributed by atoms with E-state index in [1.165, 1.54) is 6.42 Å². The molecule has 0 aromatic carbocycles. The molecule has 1 fully saturated rings. The van der Waals surface area contributed by atoms with E-state index in [2.05, 4.69) is 38.0 Å². The lowest BCUT2D eigenvalue weighted by molar-refractivity contribution is -0.137. The van der Waals surface area contributed by atoms with E-state index in [1.54, 1.807) is 6.20 Å². The number of nitrogens with one attached hydrogen (secondary N) is 1. The zero-order chi connectivity index (χ0) is 15.7. The zero-order valence-corrected chi connectivity index (χ0v) is 14.1. The van der Waals surface area contributed by atoms with Gasteiger partial charge >= 0.3 is 0 Å². The molecule has 1 amide bonds. The van der Waals surface area contributed by atoms with Crippen LogP contribution in [0.4, 0.5) is 0 Å². The fourth-order valence-corrected chi connectivity index (χ4v) is 4.09. The van der Waals surface area contributed by atoms with Crippen LogP contribution in [0, 0.1) is 16.7 Å². The van der Waals surface area contributed by atoms with Crippen molar-refractivity contribution in [2.75, 3.05) is 6.54 Å². The molecule has 0 unspecified atom stereocenters. The van der Waals surface area contributed by atoms with E-state index < -0.39 is 0 Å². The smallest absolute Gasteiger partial charge is 0.224 e. The first-order valence-corrected chi connectivity index (χ1v) is 7.98. The van der Waals surface area contributed by atoms with E-state index in [0.717, 1.165) is 25.1 Å². The number of carbonyl (C=O) groups is 1. The number of hydrogen-bond acceptors (Lipinski definition) is 2. The first-order chi connectivity index (χ1) is 9.74. The second kappa shape index (κ2) is 5.82. The molecule has 0 saturated heterocycles. The SMILES string of the molecule is Cn1ccnc1CCNC(=O)C1C(C)(C)CCCC1(C)C. The minimum absolute atomic E-state index is 0.0784. The number of aromatic nitrogens is 2. The molecule has 1 aliphatic rings. The highest BCUT2D eigenvalue weighted by Crippen LogP contribution is 2.50. The molecule has 2 rings (SSSR count). The largest absolute Gasteiger partial charge is 0.355 e. The van der Waals surface area contributed by atoms with E-state index in [9.17, 15) is 4.79 Å². The summed E-state index contributed by atoms with van der Waals surface area (Å²) in [4.78, 5) is 17.0. The topological polar surface area (TPSA) is 46.9 Å². The van der Waals surface area contributed by atoms with Gasteiger partial charge in [0.1, 0.15) is 5.82 Å². The predicted molar refractivity (Wildman–Crippen MR) is 84.8 cm³/mol. The van der Waals surface area contributed by atoms with Gasteiger partial charge in [-0.3, -0.25) is 4.79 Å². The van der Waals surface area contributed by atoms with Gasteiger partial charge in [-0.25, -0.2) is 4.98 Å². The predicted octanol–water partition coefficient (Wildman–Crippen LogP) is 2.93. The number of rotatable bonds is 4. The van der Waals surface area contributed by atoms with E-state index in [-0.39, 0.29) is 22.7 Å². The minimum Gasteiger partial charge on any atom is -0.355 e. The monoisotopic (exact) mass is 291 g/mol. The second-order valence-electron chi connectivity index (χ2n) is 7.76. The van der Waals surface area contributed by atoms with Crippen LogP contribution < -0.4 is 5.32 Å². The number of imidazole rings is 1. The molecule has 4 heteroatoms. The molecular weight excluding hydrogens is 262 g/mol. The van der Waals surface area contributed by atoms with Gasteiger partial charge in [-0.1, -0.05) is 34.1 Å². The van der Waals surface area contributed by atoms with E-state index in [4.69, 9.17) is 0 Å². The van der Waals surface area contributed by atoms with Gasteiger partial charge in [-0.15, -0.1) is 0 Å². The maximum Gasteiger partial charge on any atom is 0.224 e. The van der Waals surface area contributed by atoms with Gasteiger partial charge in [0.25, 0.3) is 0 Å². The first-order valence-electron chi connectivity index (χ1n) is 7.98. The van der Waals surface area contributed by atoms with Gasteiger partial charge in [0.15, 0.2) is 0 Å². The van der Waals surface area contributed by atoms with Crippen LogP contribution in [0.1, 0.15) is 52.8 Å². The highest BCUT2D eigenvalue weighted by atomic mass is 16.1. The summed E-state index contributed by atoms with van der Waals surface area (Å²) in [6.07, 6.45) is 8.00. The Hall–Kier alpha value is -1.32. The zero-order valence-electron chi connectivity index (χ0n) is 14.1. The number of carbonyl (C=O) groups excluding carboxylic acids is 1. The summed E-state index contributed by atoms with van der Waals surface area (Å²) >= 11 is 0. The molecule has 0 spiro atoms. The highest BCUT2D eigenvalue weighted by Gasteiger charge is 2.47. The summed E-state index contributed by atoms with van der Waals surface area (Å²) in [6, 6.07) is 0. The molecule has 0 radical (unpaired) electrons. The molecule has 1 N–H and O–H groups in total. The molecule has 1 aliphatic carbocycles. The summed E-state index contributed by atoms with van der Waals surface area (Å²) in [5, 5.41) is 3.14. The van der Waals surface area contributed by atoms with Crippen molar-refractivity contribution < 1.29 is 4.79 Å². The van der Waals surface area contributed by atoms with Crippen LogP contribution in [-0.2, 0) is 18.3 Å². The Morgan fingerprint density at radius 3 is 2.48 bits per heavy atom. The summed E-state index contributed by atoms with van der Waals surface area (Å²) in [7, 11) is 1.98. The van der Waals surface area contributed by atoms with Crippen LogP contribution in [0.25, 0.3) is 0 Å². The Labute approximate surface area is 128 Å². The van der Waals surface area contributed by atoms with Gasteiger partial charge in [0, 0.05) is 38.3 Å². The van der Waals surface area contributed by atoms with Crippen LogP contribution in [0.5, 0.6) is 0 Å². The quantitative estimate of drug-likeness (QED) is 0.927. The maximum atomic E-state index is 12.7. The Morgan fingerprint density at radius 2 is 1.95 bits per heavy atom. The van der Waals surface area contributed by atoms with E-state index in [0.29, 0.717) is 6.54 Å². The van der Waals surface area contributed by atoms with Crippen molar-refractivity contribution in [2.45, 2.75) is 53.4 Å². The van der Waals surface area contributed by atoms with Crippen molar-refractivity contribution in [3.05, 3.63) is 18.2 Å². The average molecular weight is 291 g/mol. The third kappa shape index (κ3) is 3.47. The molecule has 0 atom stereocenters. The van der Waals surface area contributed by atoms with Gasteiger partial charge in [-0.05, 0) is 23.7 Å². The fraction of sp³-hybridized carbons (Fsp3) is 0.765.